The maximum absolute atomic E-state index is 13.6. The van der Waals surface area contributed by atoms with E-state index < -0.39 is 29.4 Å². The van der Waals surface area contributed by atoms with Crippen LogP contribution in [0.1, 0.15) is 79.8 Å². The zero-order chi connectivity index (χ0) is 23.5. The lowest BCUT2D eigenvalue weighted by atomic mass is 9.83. The van der Waals surface area contributed by atoms with Gasteiger partial charge in [0.1, 0.15) is 11.2 Å². The van der Waals surface area contributed by atoms with Gasteiger partial charge in [-0.2, -0.15) is 0 Å². The predicted octanol–water partition coefficient (Wildman–Crippen LogP) is 4.77. The molecule has 1 amide bonds. The number of carbonyl (C=O) groups excluding carboxylic acids is 1. The van der Waals surface area contributed by atoms with Gasteiger partial charge in [0.25, 0.3) is 11.8 Å². The topological polar surface area (TPSA) is 66.6 Å². The molecule has 0 radical (unpaired) electrons. The second-order valence-electron chi connectivity index (χ2n) is 9.98. The molecular formula is C23H29F4N3O2. The number of fused-ring (bicyclic) bond motifs is 1. The first-order chi connectivity index (χ1) is 14.7. The zero-order valence-electron chi connectivity index (χ0n) is 18.5. The molecule has 0 saturated heterocycles. The van der Waals surface area contributed by atoms with Crippen LogP contribution in [0.3, 0.4) is 0 Å². The lowest BCUT2D eigenvalue weighted by Crippen LogP contribution is -2.50. The third-order valence-corrected chi connectivity index (χ3v) is 6.59. The normalized spacial score (nSPS) is 21.5. The zero-order valence-corrected chi connectivity index (χ0v) is 18.5. The molecule has 0 atom stereocenters. The molecule has 2 fully saturated rings. The number of nitrogens with zero attached hydrogens (tertiary/aromatic N) is 2. The van der Waals surface area contributed by atoms with Crippen molar-refractivity contribution in [3.05, 3.63) is 34.8 Å². The molecule has 0 spiro atoms. The molecule has 0 aliphatic heterocycles. The van der Waals surface area contributed by atoms with Crippen LogP contribution in [0.2, 0.25) is 0 Å². The Kier molecular flexibility index (Phi) is 5.55. The van der Waals surface area contributed by atoms with Crippen molar-refractivity contribution >= 4 is 11.6 Å². The van der Waals surface area contributed by atoms with E-state index in [0.29, 0.717) is 41.9 Å². The smallest absolute Gasteiger partial charge is 0.252 e. The fraction of sp³-hybridized carbons (Fsp3) is 0.652. The van der Waals surface area contributed by atoms with E-state index in [2.05, 4.69) is 10.3 Å². The van der Waals surface area contributed by atoms with E-state index in [1.54, 1.807) is 32.9 Å². The van der Waals surface area contributed by atoms with Gasteiger partial charge in [0.15, 0.2) is 0 Å². The summed E-state index contributed by atoms with van der Waals surface area (Å²) >= 11 is 0. The quantitative estimate of drug-likeness (QED) is 0.639. The average molecular weight is 455 g/mol. The Morgan fingerprint density at radius 3 is 2.38 bits per heavy atom. The van der Waals surface area contributed by atoms with Crippen molar-refractivity contribution in [1.29, 1.82) is 0 Å². The van der Waals surface area contributed by atoms with Crippen molar-refractivity contribution in [3.8, 4) is 0 Å². The van der Waals surface area contributed by atoms with E-state index in [-0.39, 0.29) is 31.6 Å². The van der Waals surface area contributed by atoms with Crippen molar-refractivity contribution in [2.75, 3.05) is 0 Å². The van der Waals surface area contributed by atoms with Gasteiger partial charge in [0.2, 0.25) is 5.92 Å². The molecule has 4 rings (SSSR count). The van der Waals surface area contributed by atoms with Gasteiger partial charge in [-0.3, -0.25) is 4.79 Å². The summed E-state index contributed by atoms with van der Waals surface area (Å²) in [4.78, 5) is 17.2. The number of carbonyl (C=O) groups is 1. The molecule has 9 heteroatoms. The standard InChI is InChI=1S/C23H29F4N3O2/c1-13-8-15(20(31)28-16-11-23(26,27)12-16)10-18-29-19(21(2,3)32)17(30(13)18)9-14-4-6-22(24,25)7-5-14/h8,10,14,16,32H,4-7,9,11-12H2,1-3H3,(H,28,31). The fourth-order valence-electron chi connectivity index (χ4n) is 4.85. The monoisotopic (exact) mass is 455 g/mol. The molecule has 0 aromatic carbocycles. The molecule has 2 saturated carbocycles. The molecule has 176 valence electrons. The molecule has 2 aromatic rings. The third-order valence-electron chi connectivity index (χ3n) is 6.59. The Labute approximate surface area is 184 Å². The van der Waals surface area contributed by atoms with Gasteiger partial charge in [-0.15, -0.1) is 0 Å². The average Bonchev–Trinajstić information content (AvgIpc) is 3.01. The largest absolute Gasteiger partial charge is 0.384 e. The van der Waals surface area contributed by atoms with Crippen LogP contribution in [0.15, 0.2) is 12.1 Å². The fourth-order valence-corrected chi connectivity index (χ4v) is 4.85. The first kappa shape index (κ1) is 23.0. The third kappa shape index (κ3) is 4.63. The molecule has 2 heterocycles. The molecule has 2 aromatic heterocycles. The number of hydrogen-bond acceptors (Lipinski definition) is 3. The second-order valence-corrected chi connectivity index (χ2v) is 9.98. The van der Waals surface area contributed by atoms with Crippen LogP contribution in [0.5, 0.6) is 0 Å². The minimum absolute atomic E-state index is 0.0540. The SMILES string of the molecule is Cc1cc(C(=O)NC2CC(F)(F)C2)cc2nc(C(C)(C)O)c(CC3CCC(F)(F)CC3)n12. The molecular weight excluding hydrogens is 426 g/mol. The van der Waals surface area contributed by atoms with E-state index in [1.807, 2.05) is 4.40 Å². The maximum atomic E-state index is 13.6. The van der Waals surface area contributed by atoms with Gasteiger partial charge in [-0.05, 0) is 58.1 Å². The summed E-state index contributed by atoms with van der Waals surface area (Å²) in [6, 6.07) is 2.68. The van der Waals surface area contributed by atoms with E-state index in [1.165, 1.54) is 0 Å². The van der Waals surface area contributed by atoms with E-state index >= 15 is 0 Å². The summed E-state index contributed by atoms with van der Waals surface area (Å²) in [7, 11) is 0. The summed E-state index contributed by atoms with van der Waals surface area (Å²) in [5.74, 6) is -5.73. The second kappa shape index (κ2) is 7.71. The van der Waals surface area contributed by atoms with Gasteiger partial charge in [-0.25, -0.2) is 22.5 Å². The van der Waals surface area contributed by atoms with Crippen molar-refractivity contribution < 1.29 is 27.5 Å². The highest BCUT2D eigenvalue weighted by atomic mass is 19.3. The van der Waals surface area contributed by atoms with Crippen LogP contribution in [0.4, 0.5) is 17.6 Å². The summed E-state index contributed by atoms with van der Waals surface area (Å²) in [5.41, 5.74) is 1.42. The number of nitrogens with one attached hydrogen (secondary N) is 1. The molecule has 2 aliphatic rings. The van der Waals surface area contributed by atoms with Crippen LogP contribution >= 0.6 is 0 Å². The highest BCUT2D eigenvalue weighted by molar-refractivity contribution is 5.95. The Balaban J connectivity index is 1.63. The number of aryl methyl sites for hydroxylation is 1. The molecule has 32 heavy (non-hydrogen) atoms. The van der Waals surface area contributed by atoms with Crippen LogP contribution in [-0.2, 0) is 12.0 Å². The molecule has 5 nitrogen and oxygen atoms in total. The number of amides is 1. The summed E-state index contributed by atoms with van der Waals surface area (Å²) < 4.78 is 55.2. The van der Waals surface area contributed by atoms with Gasteiger partial charge < -0.3 is 14.8 Å². The number of imidazole rings is 1. The first-order valence-corrected chi connectivity index (χ1v) is 11.1. The summed E-state index contributed by atoms with van der Waals surface area (Å²) in [5, 5.41) is 13.3. The van der Waals surface area contributed by atoms with Crippen LogP contribution < -0.4 is 5.32 Å². The van der Waals surface area contributed by atoms with E-state index in [9.17, 15) is 27.5 Å². The minimum Gasteiger partial charge on any atom is -0.384 e. The van der Waals surface area contributed by atoms with Crippen molar-refractivity contribution in [1.82, 2.24) is 14.7 Å². The van der Waals surface area contributed by atoms with Crippen LogP contribution in [-0.4, -0.2) is 38.3 Å². The predicted molar refractivity (Wildman–Crippen MR) is 111 cm³/mol. The first-order valence-electron chi connectivity index (χ1n) is 11.1. The Hall–Kier alpha value is -2.16. The van der Waals surface area contributed by atoms with Crippen molar-refractivity contribution in [3.63, 3.8) is 0 Å². The highest BCUT2D eigenvalue weighted by Crippen LogP contribution is 2.39. The molecule has 2 N–H and O–H groups in total. The Morgan fingerprint density at radius 1 is 1.19 bits per heavy atom. The number of alkyl halides is 4. The maximum Gasteiger partial charge on any atom is 0.252 e. The number of aliphatic hydroxyl groups is 1. The highest BCUT2D eigenvalue weighted by Gasteiger charge is 2.46. The minimum atomic E-state index is -2.72. The number of pyridine rings is 1. The number of hydrogen-bond donors (Lipinski definition) is 2. The van der Waals surface area contributed by atoms with Gasteiger partial charge in [0, 0.05) is 48.7 Å². The Bertz CT molecular complexity index is 1020. The lowest BCUT2D eigenvalue weighted by molar-refractivity contribution is -0.0901. The van der Waals surface area contributed by atoms with E-state index in [4.69, 9.17) is 0 Å². The van der Waals surface area contributed by atoms with Gasteiger partial charge >= 0.3 is 0 Å². The number of aromatic nitrogens is 2. The van der Waals surface area contributed by atoms with Crippen molar-refractivity contribution in [2.24, 2.45) is 5.92 Å². The summed E-state index contributed by atoms with van der Waals surface area (Å²) in [6.07, 6.45) is 0.285. The van der Waals surface area contributed by atoms with Gasteiger partial charge in [-0.1, -0.05) is 0 Å². The molecule has 0 unspecified atom stereocenters. The van der Waals surface area contributed by atoms with Crippen LogP contribution in [0.25, 0.3) is 5.65 Å². The van der Waals surface area contributed by atoms with Gasteiger partial charge in [0.05, 0.1) is 5.69 Å². The molecule has 2 aliphatic carbocycles. The van der Waals surface area contributed by atoms with Crippen LogP contribution in [0, 0.1) is 12.8 Å². The van der Waals surface area contributed by atoms with E-state index in [0.717, 1.165) is 5.69 Å². The number of rotatable bonds is 5. The summed E-state index contributed by atoms with van der Waals surface area (Å²) in [6.45, 7) is 5.04. The Morgan fingerprint density at radius 2 is 1.81 bits per heavy atom. The van der Waals surface area contributed by atoms with Crippen molar-refractivity contribution in [2.45, 2.75) is 89.2 Å². The lowest BCUT2D eigenvalue weighted by Gasteiger charge is -2.35. The number of halogens is 4. The molecule has 0 bridgehead atoms.